The molecule has 23 heteroatoms. The summed E-state index contributed by atoms with van der Waals surface area (Å²) in [5.74, 6) is -55.9. The van der Waals surface area contributed by atoms with Crippen molar-refractivity contribution in [2.45, 2.75) is 67.7 Å². The molecule has 0 N–H and O–H groups in total. The summed E-state index contributed by atoms with van der Waals surface area (Å²) in [5.41, 5.74) is 0. The minimum Gasteiger partial charge on any atom is -0.299 e. The van der Waals surface area contributed by atoms with Crippen LogP contribution in [0.3, 0.4) is 0 Å². The van der Waals surface area contributed by atoms with Crippen LogP contribution in [0.2, 0.25) is 0 Å². The second kappa shape index (κ2) is 9.98. The van der Waals surface area contributed by atoms with Gasteiger partial charge >= 0.3 is 57.1 Å². The van der Waals surface area contributed by atoms with E-state index in [-0.39, 0.29) is 0 Å². The summed E-state index contributed by atoms with van der Waals surface area (Å²) >= 11 is 0. The molecule has 0 aliphatic rings. The zero-order valence-corrected chi connectivity index (χ0v) is 20.1. The average Bonchev–Trinajstić information content (AvgIpc) is 2.70. The van der Waals surface area contributed by atoms with Gasteiger partial charge in [-0.25, -0.2) is 3.63 Å². The van der Waals surface area contributed by atoms with E-state index in [2.05, 4.69) is 3.63 Å². The third kappa shape index (κ3) is 5.14. The predicted octanol–water partition coefficient (Wildman–Crippen LogP) is 6.65. The summed E-state index contributed by atoms with van der Waals surface area (Å²) in [6.07, 6.45) is -7.90. The highest BCUT2D eigenvalue weighted by Gasteiger charge is 2.96. The summed E-state index contributed by atoms with van der Waals surface area (Å²) < 4.78 is 254. The van der Waals surface area contributed by atoms with Crippen LogP contribution >= 0.6 is 10.3 Å². The molecule has 0 unspecified atom stereocenters. The number of hydrogen-bond donors (Lipinski definition) is 0. The van der Waals surface area contributed by atoms with E-state index in [9.17, 15) is 87.8 Å². The van der Waals surface area contributed by atoms with E-state index < -0.39 is 90.4 Å². The average molecular weight is 646 g/mol. The Morgan fingerprint density at radius 2 is 0.868 bits per heavy atom. The minimum absolute atomic E-state index is 0.670. The molecule has 0 fully saturated rings. The third-order valence-corrected chi connectivity index (χ3v) is 10.6. The number of ketones is 1. The molecule has 0 bridgehead atoms. The highest BCUT2D eigenvalue weighted by molar-refractivity contribution is 8.33. The molecular formula is C15H15F17O4S2. The van der Waals surface area contributed by atoms with Crippen molar-refractivity contribution in [2.75, 3.05) is 17.3 Å². The Balaban J connectivity index is 7.05. The number of alkyl halides is 17. The summed E-state index contributed by atoms with van der Waals surface area (Å²) in [5, 5.41) is -7.76. The Hall–Kier alpha value is -1.26. The van der Waals surface area contributed by atoms with Crippen molar-refractivity contribution in [1.82, 2.24) is 0 Å². The van der Waals surface area contributed by atoms with Crippen molar-refractivity contribution in [3.63, 3.8) is 0 Å². The van der Waals surface area contributed by atoms with Gasteiger partial charge in [0.2, 0.25) is 0 Å². The second-order valence-electron chi connectivity index (χ2n) is 7.37. The van der Waals surface area contributed by atoms with Crippen LogP contribution in [0.5, 0.6) is 0 Å². The van der Waals surface area contributed by atoms with Gasteiger partial charge in [-0.15, -0.1) is 10.3 Å². The molecule has 0 saturated carbocycles. The SMILES string of the molecule is CCS(CC)(CC(C)=O)OS(=O)(=O)C(F)(F)C(F)(F)C(F)(F)C(F)(F)C(F)(F)C(F)(F)C(F)(F)C(F)(F)F. The molecule has 0 heterocycles. The summed E-state index contributed by atoms with van der Waals surface area (Å²) in [4.78, 5) is 11.3. The Morgan fingerprint density at radius 3 is 1.13 bits per heavy atom. The smallest absolute Gasteiger partial charge is 0.299 e. The van der Waals surface area contributed by atoms with E-state index >= 15 is 0 Å². The number of carbonyl (C=O) groups is 1. The van der Waals surface area contributed by atoms with Gasteiger partial charge in [0.05, 0.1) is 5.75 Å². The lowest BCUT2D eigenvalue weighted by Crippen LogP contribution is -2.75. The maximum atomic E-state index is 14.1. The first-order chi connectivity index (χ1) is 16.2. The van der Waals surface area contributed by atoms with Crippen LogP contribution in [0, 0.1) is 0 Å². The number of rotatable bonds is 13. The van der Waals surface area contributed by atoms with Gasteiger partial charge in [-0.1, -0.05) is 13.8 Å². The number of halogens is 17. The highest BCUT2D eigenvalue weighted by atomic mass is 32.3. The number of Topliss-reactive ketones (excluding diaryl/α,β-unsaturated/α-hetero) is 1. The number of hydrogen-bond acceptors (Lipinski definition) is 4. The zero-order chi connectivity index (χ0) is 31.4. The molecule has 0 amide bonds. The normalized spacial score (nSPS) is 16.5. The van der Waals surface area contributed by atoms with Crippen molar-refractivity contribution in [3.05, 3.63) is 0 Å². The van der Waals surface area contributed by atoms with Gasteiger partial charge in [0.15, 0.2) is 0 Å². The van der Waals surface area contributed by atoms with Gasteiger partial charge in [-0.2, -0.15) is 83.1 Å². The molecule has 0 spiro atoms. The Bertz CT molecular complexity index is 984. The van der Waals surface area contributed by atoms with E-state index in [1.54, 1.807) is 0 Å². The van der Waals surface area contributed by atoms with Gasteiger partial charge < -0.3 is 0 Å². The maximum absolute atomic E-state index is 14.1. The predicted molar refractivity (Wildman–Crippen MR) is 94.9 cm³/mol. The van der Waals surface area contributed by atoms with E-state index in [0.717, 1.165) is 13.8 Å². The van der Waals surface area contributed by atoms with Crippen molar-refractivity contribution in [1.29, 1.82) is 0 Å². The number of carbonyl (C=O) groups excluding carboxylic acids is 1. The molecule has 0 aromatic rings. The maximum Gasteiger partial charge on any atom is 0.460 e. The third-order valence-electron chi connectivity index (χ3n) is 4.76. The van der Waals surface area contributed by atoms with E-state index in [1.807, 2.05) is 0 Å². The largest absolute Gasteiger partial charge is 0.460 e. The van der Waals surface area contributed by atoms with Crippen molar-refractivity contribution in [2.24, 2.45) is 0 Å². The Kier molecular flexibility index (Phi) is 9.65. The van der Waals surface area contributed by atoms with E-state index in [1.165, 1.54) is 0 Å². The molecule has 4 nitrogen and oxygen atoms in total. The summed E-state index contributed by atoms with van der Waals surface area (Å²) in [6.45, 7) is 2.45. The topological polar surface area (TPSA) is 60.4 Å². The highest BCUT2D eigenvalue weighted by Crippen LogP contribution is 2.65. The molecule has 0 aromatic carbocycles. The molecule has 230 valence electrons. The molecule has 0 rings (SSSR count). The van der Waals surface area contributed by atoms with Gasteiger partial charge in [0.1, 0.15) is 5.78 Å². The van der Waals surface area contributed by atoms with Crippen LogP contribution < -0.4 is 0 Å². The van der Waals surface area contributed by atoms with Gasteiger partial charge in [-0.3, -0.25) is 4.79 Å². The molecule has 0 radical (unpaired) electrons. The Morgan fingerprint density at radius 1 is 0.579 bits per heavy atom. The molecule has 0 aromatic heterocycles. The summed E-state index contributed by atoms with van der Waals surface area (Å²) in [7, 11) is -11.5. The molecule has 0 saturated heterocycles. The fourth-order valence-electron chi connectivity index (χ4n) is 2.44. The quantitative estimate of drug-likeness (QED) is 0.211. The van der Waals surface area contributed by atoms with Crippen LogP contribution in [0.25, 0.3) is 0 Å². The van der Waals surface area contributed by atoms with Crippen LogP contribution in [-0.2, 0) is 18.5 Å². The summed E-state index contributed by atoms with van der Waals surface area (Å²) in [6, 6.07) is 0. The van der Waals surface area contributed by atoms with Crippen molar-refractivity contribution in [3.8, 4) is 0 Å². The second-order valence-corrected chi connectivity index (χ2v) is 12.7. The fraction of sp³-hybridized carbons (Fsp3) is 0.933. The standard InChI is InChI=1S/C15H15F17O4S2/c1-4-37(5-2,6-7(3)33)36-38(34,35)15(31,32)13(26,27)11(22,23)9(18,19)8(16,17)10(20,21)12(24,25)14(28,29)30/h4-6H2,1-3H3. The van der Waals surface area contributed by atoms with Crippen LogP contribution in [0.1, 0.15) is 20.8 Å². The molecule has 0 aliphatic heterocycles. The fourth-order valence-corrected chi connectivity index (χ4v) is 7.26. The van der Waals surface area contributed by atoms with Crippen LogP contribution in [0.4, 0.5) is 74.6 Å². The lowest BCUT2D eigenvalue weighted by molar-refractivity contribution is -0.458. The minimum atomic E-state index is -8.92. The van der Waals surface area contributed by atoms with Crippen LogP contribution in [-0.4, -0.2) is 78.4 Å². The first-order valence-electron chi connectivity index (χ1n) is 9.17. The lowest BCUT2D eigenvalue weighted by Gasteiger charge is -2.43. The van der Waals surface area contributed by atoms with Gasteiger partial charge in [0, 0.05) is 0 Å². The first kappa shape index (κ1) is 36.7. The monoisotopic (exact) mass is 646 g/mol. The van der Waals surface area contributed by atoms with E-state index in [4.69, 9.17) is 0 Å². The van der Waals surface area contributed by atoms with Crippen molar-refractivity contribution >= 4 is 26.2 Å². The molecular weight excluding hydrogens is 631 g/mol. The zero-order valence-electron chi connectivity index (χ0n) is 18.5. The van der Waals surface area contributed by atoms with E-state index in [0.29, 0.717) is 6.92 Å². The Labute approximate surface area is 203 Å². The molecule has 0 aliphatic carbocycles. The van der Waals surface area contributed by atoms with Gasteiger partial charge in [0.25, 0.3) is 0 Å². The van der Waals surface area contributed by atoms with Gasteiger partial charge in [-0.05, 0) is 18.4 Å². The molecule has 38 heavy (non-hydrogen) atoms. The van der Waals surface area contributed by atoms with Crippen molar-refractivity contribution < 1.29 is 91.5 Å². The lowest BCUT2D eigenvalue weighted by atomic mass is 9.91. The first-order valence-corrected chi connectivity index (χ1v) is 12.6. The molecule has 0 atom stereocenters. The van der Waals surface area contributed by atoms with Crippen LogP contribution in [0.15, 0.2) is 0 Å².